The molecule has 160 valence electrons. The van der Waals surface area contributed by atoms with E-state index in [-0.39, 0.29) is 18.5 Å². The molecule has 4 rings (SSSR count). The van der Waals surface area contributed by atoms with E-state index in [1.54, 1.807) is 48.7 Å². The van der Waals surface area contributed by atoms with Crippen molar-refractivity contribution >= 4 is 34.7 Å². The highest BCUT2D eigenvalue weighted by molar-refractivity contribution is 6.31. The normalized spacial score (nSPS) is 15.8. The molecular formula is C24H22Cl2N2O3. The zero-order valence-corrected chi connectivity index (χ0v) is 18.3. The Hall–Kier alpha value is -2.60. The lowest BCUT2D eigenvalue weighted by molar-refractivity contribution is 0.103. The molecule has 0 saturated carbocycles. The Morgan fingerprint density at radius 1 is 1.13 bits per heavy atom. The first-order valence-corrected chi connectivity index (χ1v) is 10.9. The second-order valence-electron chi connectivity index (χ2n) is 7.42. The first-order valence-electron chi connectivity index (χ1n) is 10.1. The summed E-state index contributed by atoms with van der Waals surface area (Å²) in [7, 11) is 0. The van der Waals surface area contributed by atoms with Crippen molar-refractivity contribution in [3.05, 3.63) is 87.5 Å². The second kappa shape index (κ2) is 9.69. The fourth-order valence-electron chi connectivity index (χ4n) is 3.79. The number of hydrogen-bond donors (Lipinski definition) is 1. The van der Waals surface area contributed by atoms with Gasteiger partial charge in [-0.2, -0.15) is 0 Å². The highest BCUT2D eigenvalue weighted by Gasteiger charge is 2.27. The first kappa shape index (κ1) is 21.6. The van der Waals surface area contributed by atoms with E-state index in [1.165, 1.54) is 0 Å². The van der Waals surface area contributed by atoms with Crippen molar-refractivity contribution in [3.8, 4) is 5.88 Å². The summed E-state index contributed by atoms with van der Waals surface area (Å²) in [5.41, 5.74) is 3.04. The number of aromatic nitrogens is 1. The number of pyridine rings is 1. The average molecular weight is 457 g/mol. The lowest BCUT2D eigenvalue weighted by Gasteiger charge is -2.23. The van der Waals surface area contributed by atoms with Crippen LogP contribution < -0.4 is 9.64 Å². The largest absolute Gasteiger partial charge is 0.471 e. The molecule has 2 aromatic carbocycles. The summed E-state index contributed by atoms with van der Waals surface area (Å²) in [4.78, 5) is 19.4. The van der Waals surface area contributed by atoms with E-state index in [2.05, 4.69) is 9.88 Å². The van der Waals surface area contributed by atoms with Crippen LogP contribution in [0.1, 0.15) is 27.9 Å². The molecule has 5 nitrogen and oxygen atoms in total. The molecule has 1 atom stereocenters. The molecule has 3 aromatic rings. The van der Waals surface area contributed by atoms with Crippen molar-refractivity contribution < 1.29 is 14.6 Å². The molecule has 0 amide bonds. The number of rotatable bonds is 7. The molecular weight excluding hydrogens is 435 g/mol. The van der Waals surface area contributed by atoms with Gasteiger partial charge in [-0.1, -0.05) is 47.5 Å². The SMILES string of the molecule is O=C(c1cccc(Cl)c1)c1ccc(CCO)c(N2CC[C@H](Oc3ncccc3Cl)C2)c1. The first-order chi connectivity index (χ1) is 15.0. The molecule has 0 spiro atoms. The number of aliphatic hydroxyl groups excluding tert-OH is 1. The molecule has 31 heavy (non-hydrogen) atoms. The van der Waals surface area contributed by atoms with Gasteiger partial charge in [-0.3, -0.25) is 4.79 Å². The standard InChI is InChI=1S/C24H22Cl2N2O3/c25-19-4-1-3-17(13-19)23(30)18-7-6-16(9-12-29)22(14-18)28-11-8-20(15-28)31-24-21(26)5-2-10-27-24/h1-7,10,13-14,20,29H,8-9,11-12,15H2/t20-/m0/s1. The van der Waals surface area contributed by atoms with Gasteiger partial charge in [-0.25, -0.2) is 4.98 Å². The van der Waals surface area contributed by atoms with E-state index >= 15 is 0 Å². The number of hydrogen-bond acceptors (Lipinski definition) is 5. The van der Waals surface area contributed by atoms with Crippen molar-refractivity contribution in [1.82, 2.24) is 4.98 Å². The summed E-state index contributed by atoms with van der Waals surface area (Å²) in [6.07, 6.45) is 2.90. The summed E-state index contributed by atoms with van der Waals surface area (Å²) in [6.45, 7) is 1.44. The number of ketones is 1. The van der Waals surface area contributed by atoms with Gasteiger partial charge in [0, 0.05) is 47.6 Å². The van der Waals surface area contributed by atoms with Gasteiger partial charge in [-0.15, -0.1) is 0 Å². The van der Waals surface area contributed by atoms with E-state index in [1.807, 2.05) is 12.1 Å². The fourth-order valence-corrected chi connectivity index (χ4v) is 4.14. The maximum atomic E-state index is 13.0. The van der Waals surface area contributed by atoms with Crippen molar-refractivity contribution in [2.75, 3.05) is 24.6 Å². The molecule has 1 aliphatic heterocycles. The maximum Gasteiger partial charge on any atom is 0.232 e. The number of aliphatic hydroxyl groups is 1. The van der Waals surface area contributed by atoms with Crippen LogP contribution in [0.5, 0.6) is 5.88 Å². The van der Waals surface area contributed by atoms with Crippen LogP contribution in [0.2, 0.25) is 10.0 Å². The Morgan fingerprint density at radius 3 is 2.74 bits per heavy atom. The smallest absolute Gasteiger partial charge is 0.232 e. The van der Waals surface area contributed by atoms with E-state index in [9.17, 15) is 9.90 Å². The molecule has 1 N–H and O–H groups in total. The van der Waals surface area contributed by atoms with Crippen LogP contribution in [0.25, 0.3) is 0 Å². The Kier molecular flexibility index (Phi) is 6.76. The van der Waals surface area contributed by atoms with Crippen molar-refractivity contribution in [3.63, 3.8) is 0 Å². The fraction of sp³-hybridized carbons (Fsp3) is 0.250. The van der Waals surface area contributed by atoms with Gasteiger partial charge in [0.25, 0.3) is 0 Å². The number of carbonyl (C=O) groups is 1. The van der Waals surface area contributed by atoms with Crippen LogP contribution >= 0.6 is 23.2 Å². The Bertz CT molecular complexity index is 1090. The molecule has 1 aromatic heterocycles. The number of halogens is 2. The topological polar surface area (TPSA) is 62.7 Å². The summed E-state index contributed by atoms with van der Waals surface area (Å²) in [5.74, 6) is 0.336. The molecule has 1 fully saturated rings. The third kappa shape index (κ3) is 5.01. The maximum absolute atomic E-state index is 13.0. The number of benzene rings is 2. The molecule has 1 saturated heterocycles. The lowest BCUT2D eigenvalue weighted by Crippen LogP contribution is -2.26. The van der Waals surface area contributed by atoms with E-state index in [0.717, 1.165) is 24.2 Å². The van der Waals surface area contributed by atoms with Crippen LogP contribution in [0, 0.1) is 0 Å². The minimum atomic E-state index is -0.0911. The third-order valence-corrected chi connectivity index (χ3v) is 5.83. The van der Waals surface area contributed by atoms with Gasteiger partial charge in [0.15, 0.2) is 5.78 Å². The van der Waals surface area contributed by atoms with Gasteiger partial charge in [0.1, 0.15) is 11.1 Å². The number of carbonyl (C=O) groups excluding carboxylic acids is 1. The Morgan fingerprint density at radius 2 is 1.97 bits per heavy atom. The molecule has 7 heteroatoms. The summed E-state index contributed by atoms with van der Waals surface area (Å²) in [6, 6.07) is 16.1. The van der Waals surface area contributed by atoms with Crippen LogP contribution in [0.15, 0.2) is 60.8 Å². The summed E-state index contributed by atoms with van der Waals surface area (Å²) < 4.78 is 6.00. The van der Waals surface area contributed by atoms with Gasteiger partial charge < -0.3 is 14.7 Å². The molecule has 0 aliphatic carbocycles. The quantitative estimate of drug-likeness (QED) is 0.516. The Balaban J connectivity index is 1.57. The van der Waals surface area contributed by atoms with Crippen molar-refractivity contribution in [2.45, 2.75) is 18.9 Å². The van der Waals surface area contributed by atoms with Crippen molar-refractivity contribution in [2.24, 2.45) is 0 Å². The van der Waals surface area contributed by atoms with Crippen LogP contribution in [0.3, 0.4) is 0 Å². The second-order valence-corrected chi connectivity index (χ2v) is 8.27. The third-order valence-electron chi connectivity index (χ3n) is 5.30. The van der Waals surface area contributed by atoms with Gasteiger partial charge >= 0.3 is 0 Å². The summed E-state index contributed by atoms with van der Waals surface area (Å²) in [5, 5.41) is 10.5. The highest BCUT2D eigenvalue weighted by atomic mass is 35.5. The van der Waals surface area contributed by atoms with Gasteiger partial charge in [-0.05, 0) is 42.3 Å². The van der Waals surface area contributed by atoms with E-state index in [4.69, 9.17) is 27.9 Å². The van der Waals surface area contributed by atoms with Gasteiger partial charge in [0.2, 0.25) is 5.88 Å². The molecule has 0 bridgehead atoms. The zero-order valence-electron chi connectivity index (χ0n) is 16.8. The lowest BCUT2D eigenvalue weighted by atomic mass is 9.99. The van der Waals surface area contributed by atoms with Crippen LogP contribution in [-0.2, 0) is 6.42 Å². The monoisotopic (exact) mass is 456 g/mol. The molecule has 1 aliphatic rings. The number of anilines is 1. The predicted molar refractivity (Wildman–Crippen MR) is 123 cm³/mol. The number of ether oxygens (including phenoxy) is 1. The van der Waals surface area contributed by atoms with Crippen LogP contribution in [0.4, 0.5) is 5.69 Å². The average Bonchev–Trinajstić information content (AvgIpc) is 3.24. The predicted octanol–water partition coefficient (Wildman–Crippen LogP) is 4.81. The molecule has 0 radical (unpaired) electrons. The minimum Gasteiger partial charge on any atom is -0.471 e. The molecule has 0 unspecified atom stereocenters. The van der Waals surface area contributed by atoms with Crippen LogP contribution in [-0.4, -0.2) is 41.7 Å². The highest BCUT2D eigenvalue weighted by Crippen LogP contribution is 2.30. The molecule has 2 heterocycles. The van der Waals surface area contributed by atoms with E-state index in [0.29, 0.717) is 40.0 Å². The number of nitrogens with zero attached hydrogens (tertiary/aromatic N) is 2. The van der Waals surface area contributed by atoms with Crippen molar-refractivity contribution in [1.29, 1.82) is 0 Å². The minimum absolute atomic E-state index is 0.0336. The zero-order chi connectivity index (χ0) is 21.8. The Labute approximate surface area is 191 Å². The van der Waals surface area contributed by atoms with Gasteiger partial charge in [0.05, 0.1) is 6.54 Å². The van der Waals surface area contributed by atoms with E-state index < -0.39 is 0 Å². The summed E-state index contributed by atoms with van der Waals surface area (Å²) >= 11 is 12.2.